The Kier molecular flexibility index (Phi) is 2.73. The third-order valence-electron chi connectivity index (χ3n) is 3.53. The number of anilines is 1. The van der Waals surface area contributed by atoms with Gasteiger partial charge in [0.25, 0.3) is 5.91 Å². The van der Waals surface area contributed by atoms with Crippen molar-refractivity contribution in [3.63, 3.8) is 0 Å². The molecule has 2 aliphatic heterocycles. The zero-order valence-electron chi connectivity index (χ0n) is 10.4. The second-order valence-corrected chi connectivity index (χ2v) is 4.76. The largest absolute Gasteiger partial charge is 0.397 e. The molecule has 1 aromatic rings. The molecule has 100 valence electrons. The molecule has 0 radical (unpaired) electrons. The fourth-order valence-corrected chi connectivity index (χ4v) is 2.48. The van der Waals surface area contributed by atoms with Gasteiger partial charge in [-0.15, -0.1) is 0 Å². The van der Waals surface area contributed by atoms with Crippen molar-refractivity contribution in [3.8, 4) is 0 Å². The lowest BCUT2D eigenvalue weighted by atomic mass is 10.2. The van der Waals surface area contributed by atoms with Crippen molar-refractivity contribution < 1.29 is 9.59 Å². The van der Waals surface area contributed by atoms with Crippen LogP contribution in [0.1, 0.15) is 10.5 Å². The van der Waals surface area contributed by atoms with Gasteiger partial charge in [-0.1, -0.05) is 0 Å². The molecular formula is C12H15N5O2. The van der Waals surface area contributed by atoms with E-state index in [1.54, 1.807) is 21.9 Å². The summed E-state index contributed by atoms with van der Waals surface area (Å²) in [6, 6.07) is 3.32. The molecule has 3 rings (SSSR count). The van der Waals surface area contributed by atoms with Crippen LogP contribution < -0.4 is 11.1 Å². The van der Waals surface area contributed by atoms with Gasteiger partial charge in [0.1, 0.15) is 5.69 Å². The number of carbonyl (C=O) groups excluding carboxylic acids is 2. The van der Waals surface area contributed by atoms with Gasteiger partial charge in [0, 0.05) is 26.2 Å². The van der Waals surface area contributed by atoms with Gasteiger partial charge >= 0.3 is 6.03 Å². The van der Waals surface area contributed by atoms with Crippen LogP contribution in [-0.4, -0.2) is 58.9 Å². The summed E-state index contributed by atoms with van der Waals surface area (Å²) in [5.74, 6) is -0.112. The Labute approximate surface area is 110 Å². The molecule has 0 aliphatic carbocycles. The highest BCUT2D eigenvalue weighted by atomic mass is 16.2. The number of nitrogen functional groups attached to an aromatic ring is 1. The summed E-state index contributed by atoms with van der Waals surface area (Å²) in [5, 5.41) is 2.79. The molecular weight excluding hydrogens is 246 g/mol. The quantitative estimate of drug-likeness (QED) is 0.714. The van der Waals surface area contributed by atoms with E-state index in [1.165, 1.54) is 6.20 Å². The molecule has 7 heteroatoms. The van der Waals surface area contributed by atoms with E-state index in [-0.39, 0.29) is 18.0 Å². The van der Waals surface area contributed by atoms with Gasteiger partial charge in [0.2, 0.25) is 0 Å². The first-order valence-corrected chi connectivity index (χ1v) is 6.20. The number of hydrogen-bond acceptors (Lipinski definition) is 4. The molecule has 3 amide bonds. The molecule has 1 unspecified atom stereocenters. The highest BCUT2D eigenvalue weighted by Gasteiger charge is 2.37. The van der Waals surface area contributed by atoms with Gasteiger partial charge in [0.15, 0.2) is 0 Å². The van der Waals surface area contributed by atoms with Gasteiger partial charge in [-0.05, 0) is 12.1 Å². The number of carbonyl (C=O) groups is 2. The number of aromatic nitrogens is 1. The van der Waals surface area contributed by atoms with E-state index >= 15 is 0 Å². The number of nitrogens with zero attached hydrogens (tertiary/aromatic N) is 3. The van der Waals surface area contributed by atoms with E-state index in [0.29, 0.717) is 37.6 Å². The number of nitrogens with one attached hydrogen (secondary N) is 1. The topological polar surface area (TPSA) is 91.6 Å². The highest BCUT2D eigenvalue weighted by Crippen LogP contribution is 2.16. The van der Waals surface area contributed by atoms with Crippen LogP contribution in [0.25, 0.3) is 0 Å². The summed E-state index contributed by atoms with van der Waals surface area (Å²) >= 11 is 0. The smallest absolute Gasteiger partial charge is 0.317 e. The number of urea groups is 1. The Morgan fingerprint density at radius 3 is 3.00 bits per heavy atom. The predicted octanol–water partition coefficient (Wildman–Crippen LogP) is -0.487. The maximum absolute atomic E-state index is 12.3. The van der Waals surface area contributed by atoms with Crippen LogP contribution >= 0.6 is 0 Å². The molecule has 0 aromatic carbocycles. The Balaban J connectivity index is 1.72. The molecule has 3 heterocycles. The summed E-state index contributed by atoms with van der Waals surface area (Å²) in [5.41, 5.74) is 6.47. The summed E-state index contributed by atoms with van der Waals surface area (Å²) in [4.78, 5) is 31.3. The molecule has 1 aromatic heterocycles. The molecule has 2 saturated heterocycles. The van der Waals surface area contributed by atoms with Gasteiger partial charge in [-0.25, -0.2) is 9.78 Å². The van der Waals surface area contributed by atoms with Crippen LogP contribution in [0.3, 0.4) is 0 Å². The summed E-state index contributed by atoms with van der Waals surface area (Å²) < 4.78 is 0. The molecule has 0 bridgehead atoms. The SMILES string of the molecule is Nc1ccc(C(=O)N2CCN3C(=O)NCC3C2)nc1. The van der Waals surface area contributed by atoms with Crippen LogP contribution in [0.15, 0.2) is 18.3 Å². The van der Waals surface area contributed by atoms with E-state index in [0.717, 1.165) is 0 Å². The molecule has 19 heavy (non-hydrogen) atoms. The average molecular weight is 261 g/mol. The number of rotatable bonds is 1. The lowest BCUT2D eigenvalue weighted by Gasteiger charge is -2.36. The number of piperazine rings is 1. The molecule has 2 aliphatic rings. The van der Waals surface area contributed by atoms with Gasteiger partial charge in [0.05, 0.1) is 17.9 Å². The summed E-state index contributed by atoms with van der Waals surface area (Å²) in [6.07, 6.45) is 1.48. The van der Waals surface area contributed by atoms with Crippen LogP contribution in [0.2, 0.25) is 0 Å². The lowest BCUT2D eigenvalue weighted by Crippen LogP contribution is -2.53. The van der Waals surface area contributed by atoms with Crippen LogP contribution in [0, 0.1) is 0 Å². The maximum atomic E-state index is 12.3. The zero-order chi connectivity index (χ0) is 13.4. The monoisotopic (exact) mass is 261 g/mol. The zero-order valence-corrected chi connectivity index (χ0v) is 10.4. The Bertz CT molecular complexity index is 515. The van der Waals surface area contributed by atoms with E-state index < -0.39 is 0 Å². The highest BCUT2D eigenvalue weighted by molar-refractivity contribution is 5.92. The Hall–Kier alpha value is -2.31. The van der Waals surface area contributed by atoms with Gasteiger partial charge in [-0.3, -0.25) is 4.79 Å². The first-order chi connectivity index (χ1) is 9.15. The average Bonchev–Trinajstić information content (AvgIpc) is 2.80. The van der Waals surface area contributed by atoms with Gasteiger partial charge in [-0.2, -0.15) is 0 Å². The van der Waals surface area contributed by atoms with E-state index in [1.807, 2.05) is 0 Å². The lowest BCUT2D eigenvalue weighted by molar-refractivity contribution is 0.0611. The van der Waals surface area contributed by atoms with Crippen molar-refractivity contribution >= 4 is 17.6 Å². The Morgan fingerprint density at radius 1 is 1.42 bits per heavy atom. The number of fused-ring (bicyclic) bond motifs is 1. The third-order valence-corrected chi connectivity index (χ3v) is 3.53. The predicted molar refractivity (Wildman–Crippen MR) is 68.4 cm³/mol. The minimum Gasteiger partial charge on any atom is -0.397 e. The van der Waals surface area contributed by atoms with Crippen molar-refractivity contribution in [2.24, 2.45) is 0 Å². The minimum absolute atomic E-state index is 0.0392. The van der Waals surface area contributed by atoms with Crippen LogP contribution in [0.5, 0.6) is 0 Å². The number of hydrogen-bond donors (Lipinski definition) is 2. The Morgan fingerprint density at radius 2 is 2.26 bits per heavy atom. The summed E-state index contributed by atoms with van der Waals surface area (Å²) in [7, 11) is 0. The van der Waals surface area contributed by atoms with Gasteiger partial charge < -0.3 is 20.9 Å². The normalized spacial score (nSPS) is 22.1. The van der Waals surface area contributed by atoms with Crippen molar-refractivity contribution in [3.05, 3.63) is 24.0 Å². The van der Waals surface area contributed by atoms with E-state index in [9.17, 15) is 9.59 Å². The van der Waals surface area contributed by atoms with E-state index in [4.69, 9.17) is 5.73 Å². The van der Waals surface area contributed by atoms with Crippen molar-refractivity contribution in [1.82, 2.24) is 20.1 Å². The van der Waals surface area contributed by atoms with E-state index in [2.05, 4.69) is 10.3 Å². The number of pyridine rings is 1. The fraction of sp³-hybridized carbons (Fsp3) is 0.417. The molecule has 3 N–H and O–H groups in total. The molecule has 2 fully saturated rings. The van der Waals surface area contributed by atoms with Crippen LogP contribution in [-0.2, 0) is 0 Å². The summed E-state index contributed by atoms with van der Waals surface area (Å²) in [6.45, 7) is 2.24. The third kappa shape index (κ3) is 2.07. The second-order valence-electron chi connectivity index (χ2n) is 4.76. The van der Waals surface area contributed by atoms with Crippen molar-refractivity contribution in [2.45, 2.75) is 6.04 Å². The minimum atomic E-state index is -0.112. The number of amides is 3. The standard InChI is InChI=1S/C12H15N5O2/c13-8-1-2-10(14-5-8)11(18)16-3-4-17-9(7-16)6-15-12(17)19/h1-2,5,9H,3-4,6-7,13H2,(H,15,19). The first kappa shape index (κ1) is 11.8. The molecule has 1 atom stereocenters. The molecule has 0 saturated carbocycles. The maximum Gasteiger partial charge on any atom is 0.317 e. The molecule has 7 nitrogen and oxygen atoms in total. The second kappa shape index (κ2) is 4.42. The van der Waals surface area contributed by atoms with Crippen molar-refractivity contribution in [2.75, 3.05) is 31.9 Å². The fourth-order valence-electron chi connectivity index (χ4n) is 2.48. The molecule has 0 spiro atoms. The van der Waals surface area contributed by atoms with Crippen molar-refractivity contribution in [1.29, 1.82) is 0 Å². The van der Waals surface area contributed by atoms with Crippen LogP contribution in [0.4, 0.5) is 10.5 Å². The number of nitrogens with two attached hydrogens (primary N) is 1. The first-order valence-electron chi connectivity index (χ1n) is 6.20.